The second kappa shape index (κ2) is 3.24. The van der Waals surface area contributed by atoms with Crippen LogP contribution in [0, 0.1) is 0 Å². The molecule has 16 heavy (non-hydrogen) atoms. The van der Waals surface area contributed by atoms with E-state index in [1.165, 1.54) is 29.2 Å². The van der Waals surface area contributed by atoms with Gasteiger partial charge in [-0.05, 0) is 46.7 Å². The van der Waals surface area contributed by atoms with E-state index in [0.29, 0.717) is 5.41 Å². The molecule has 2 aromatic rings. The highest BCUT2D eigenvalue weighted by atomic mass is 16.5. The molecule has 0 saturated heterocycles. The molecule has 1 saturated carbocycles. The lowest BCUT2D eigenvalue weighted by molar-refractivity contribution is 0.415. The van der Waals surface area contributed by atoms with E-state index in [2.05, 4.69) is 37.3 Å². The van der Waals surface area contributed by atoms with Crippen molar-refractivity contribution in [3.8, 4) is 5.75 Å². The summed E-state index contributed by atoms with van der Waals surface area (Å²) in [6, 6.07) is 12.9. The van der Waals surface area contributed by atoms with Gasteiger partial charge in [0.25, 0.3) is 0 Å². The first-order valence-corrected chi connectivity index (χ1v) is 5.80. The Balaban J connectivity index is 2.27. The number of rotatable bonds is 2. The van der Waals surface area contributed by atoms with Gasteiger partial charge in [-0.15, -0.1) is 0 Å². The van der Waals surface area contributed by atoms with Gasteiger partial charge in [-0.3, -0.25) is 0 Å². The lowest BCUT2D eigenvalue weighted by Gasteiger charge is -2.13. The van der Waals surface area contributed by atoms with Crippen molar-refractivity contribution in [1.82, 2.24) is 0 Å². The molecule has 3 rings (SSSR count). The zero-order valence-electron chi connectivity index (χ0n) is 9.79. The van der Waals surface area contributed by atoms with Crippen molar-refractivity contribution in [1.29, 1.82) is 0 Å². The Hall–Kier alpha value is -1.50. The first-order chi connectivity index (χ1) is 7.73. The maximum atomic E-state index is 5.31. The van der Waals surface area contributed by atoms with Crippen LogP contribution in [0.2, 0.25) is 0 Å². The van der Waals surface area contributed by atoms with Gasteiger partial charge in [0.05, 0.1) is 7.11 Å². The summed E-state index contributed by atoms with van der Waals surface area (Å²) in [7, 11) is 1.72. The van der Waals surface area contributed by atoms with E-state index in [1.54, 1.807) is 7.11 Å². The lowest BCUT2D eigenvalue weighted by atomic mass is 9.92. The molecule has 0 aromatic heterocycles. The molecule has 0 heterocycles. The molecular formula is C15H16O. The Morgan fingerprint density at radius 3 is 2.62 bits per heavy atom. The van der Waals surface area contributed by atoms with Crippen LogP contribution in [0.5, 0.6) is 5.75 Å². The Labute approximate surface area is 96.0 Å². The van der Waals surface area contributed by atoms with E-state index >= 15 is 0 Å². The molecule has 0 bridgehead atoms. The molecule has 0 N–H and O–H groups in total. The fraction of sp³-hybridized carbons (Fsp3) is 0.333. The standard InChI is InChI=1S/C15H16O/c1-15(8-9-15)14-5-3-4-11-6-7-12(16-2)10-13(11)14/h3-7,10H,8-9H2,1-2H3. The van der Waals surface area contributed by atoms with Crippen LogP contribution < -0.4 is 4.74 Å². The summed E-state index contributed by atoms with van der Waals surface area (Å²) in [4.78, 5) is 0. The molecule has 2 aromatic carbocycles. The van der Waals surface area contributed by atoms with Crippen LogP contribution in [0.25, 0.3) is 10.8 Å². The molecule has 0 aliphatic heterocycles. The van der Waals surface area contributed by atoms with Crippen molar-refractivity contribution >= 4 is 10.8 Å². The number of fused-ring (bicyclic) bond motifs is 1. The zero-order valence-corrected chi connectivity index (χ0v) is 9.79. The molecule has 0 unspecified atom stereocenters. The van der Waals surface area contributed by atoms with Gasteiger partial charge >= 0.3 is 0 Å². The Morgan fingerprint density at radius 1 is 1.12 bits per heavy atom. The maximum absolute atomic E-state index is 5.31. The minimum absolute atomic E-state index is 0.409. The van der Waals surface area contributed by atoms with Gasteiger partial charge in [-0.2, -0.15) is 0 Å². The number of methoxy groups -OCH3 is 1. The van der Waals surface area contributed by atoms with Gasteiger partial charge in [-0.25, -0.2) is 0 Å². The smallest absolute Gasteiger partial charge is 0.119 e. The van der Waals surface area contributed by atoms with Crippen LogP contribution >= 0.6 is 0 Å². The highest BCUT2D eigenvalue weighted by molar-refractivity contribution is 5.88. The third kappa shape index (κ3) is 1.39. The van der Waals surface area contributed by atoms with E-state index in [9.17, 15) is 0 Å². The van der Waals surface area contributed by atoms with E-state index in [4.69, 9.17) is 4.74 Å². The first kappa shape index (κ1) is 9.71. The largest absolute Gasteiger partial charge is 0.497 e. The van der Waals surface area contributed by atoms with Crippen molar-refractivity contribution in [2.45, 2.75) is 25.2 Å². The molecule has 1 aliphatic carbocycles. The molecule has 1 fully saturated rings. The summed E-state index contributed by atoms with van der Waals surface area (Å²) in [5, 5.41) is 2.66. The number of ether oxygens (including phenoxy) is 1. The molecular weight excluding hydrogens is 196 g/mol. The topological polar surface area (TPSA) is 9.23 Å². The van der Waals surface area contributed by atoms with E-state index in [0.717, 1.165) is 5.75 Å². The van der Waals surface area contributed by atoms with E-state index < -0.39 is 0 Å². The molecule has 1 aliphatic rings. The average Bonchev–Trinajstić information content (AvgIpc) is 3.07. The predicted octanol–water partition coefficient (Wildman–Crippen LogP) is 3.90. The molecule has 0 amide bonds. The molecule has 1 nitrogen and oxygen atoms in total. The second-order valence-electron chi connectivity index (χ2n) is 4.95. The Bertz CT molecular complexity index is 538. The van der Waals surface area contributed by atoms with Crippen molar-refractivity contribution in [3.63, 3.8) is 0 Å². The SMILES string of the molecule is COc1ccc2cccc(C3(C)CC3)c2c1. The van der Waals surface area contributed by atoms with Crippen LogP contribution in [-0.2, 0) is 5.41 Å². The molecule has 82 valence electrons. The fourth-order valence-corrected chi connectivity index (χ4v) is 2.36. The van der Waals surface area contributed by atoms with E-state index in [1.807, 2.05) is 6.07 Å². The van der Waals surface area contributed by atoms with Crippen molar-refractivity contribution < 1.29 is 4.74 Å². The van der Waals surface area contributed by atoms with Gasteiger partial charge in [-0.1, -0.05) is 31.2 Å². The minimum Gasteiger partial charge on any atom is -0.497 e. The molecule has 1 heteroatoms. The summed E-state index contributed by atoms with van der Waals surface area (Å²) in [5.74, 6) is 0.948. The molecule has 0 atom stereocenters. The van der Waals surface area contributed by atoms with Crippen molar-refractivity contribution in [3.05, 3.63) is 42.0 Å². The van der Waals surface area contributed by atoms with Gasteiger partial charge < -0.3 is 4.74 Å². The van der Waals surface area contributed by atoms with Gasteiger partial charge in [0.1, 0.15) is 5.75 Å². The zero-order chi connectivity index (χ0) is 11.2. The van der Waals surface area contributed by atoms with Crippen LogP contribution in [0.3, 0.4) is 0 Å². The van der Waals surface area contributed by atoms with Crippen LogP contribution in [0.4, 0.5) is 0 Å². The summed E-state index contributed by atoms with van der Waals surface area (Å²) in [6.07, 6.45) is 2.62. The van der Waals surface area contributed by atoms with Gasteiger partial charge in [0, 0.05) is 0 Å². The van der Waals surface area contributed by atoms with Gasteiger partial charge in [0.15, 0.2) is 0 Å². The Kier molecular flexibility index (Phi) is 1.97. The average molecular weight is 212 g/mol. The minimum atomic E-state index is 0.409. The monoisotopic (exact) mass is 212 g/mol. The summed E-state index contributed by atoms with van der Waals surface area (Å²) < 4.78 is 5.31. The van der Waals surface area contributed by atoms with Gasteiger partial charge in [0.2, 0.25) is 0 Å². The number of hydrogen-bond donors (Lipinski definition) is 0. The van der Waals surface area contributed by atoms with Crippen LogP contribution in [-0.4, -0.2) is 7.11 Å². The Morgan fingerprint density at radius 2 is 1.94 bits per heavy atom. The molecule has 0 spiro atoms. The first-order valence-electron chi connectivity index (χ1n) is 5.80. The third-order valence-corrected chi connectivity index (χ3v) is 3.74. The highest BCUT2D eigenvalue weighted by Crippen LogP contribution is 2.49. The summed E-state index contributed by atoms with van der Waals surface area (Å²) in [6.45, 7) is 2.35. The normalized spacial score (nSPS) is 17.4. The van der Waals surface area contributed by atoms with Crippen molar-refractivity contribution in [2.24, 2.45) is 0 Å². The third-order valence-electron chi connectivity index (χ3n) is 3.74. The van der Waals surface area contributed by atoms with Crippen LogP contribution in [0.15, 0.2) is 36.4 Å². The molecule has 0 radical (unpaired) electrons. The summed E-state index contributed by atoms with van der Waals surface area (Å²) in [5.41, 5.74) is 1.88. The van der Waals surface area contributed by atoms with Crippen LogP contribution in [0.1, 0.15) is 25.3 Å². The fourth-order valence-electron chi connectivity index (χ4n) is 2.36. The lowest BCUT2D eigenvalue weighted by Crippen LogP contribution is -2.00. The predicted molar refractivity (Wildman–Crippen MR) is 67.1 cm³/mol. The number of benzene rings is 2. The van der Waals surface area contributed by atoms with Crippen molar-refractivity contribution in [2.75, 3.05) is 7.11 Å². The quantitative estimate of drug-likeness (QED) is 0.733. The van der Waals surface area contributed by atoms with E-state index in [-0.39, 0.29) is 0 Å². The number of hydrogen-bond acceptors (Lipinski definition) is 1. The second-order valence-corrected chi connectivity index (χ2v) is 4.95. The highest BCUT2D eigenvalue weighted by Gasteiger charge is 2.39. The summed E-state index contributed by atoms with van der Waals surface area (Å²) >= 11 is 0. The maximum Gasteiger partial charge on any atom is 0.119 e.